The van der Waals surface area contributed by atoms with E-state index in [4.69, 9.17) is 11.5 Å². The van der Waals surface area contributed by atoms with E-state index in [-0.39, 0.29) is 0 Å². The molecule has 2 heterocycles. The molecule has 4 N–H and O–H groups in total. The molecule has 0 aliphatic rings. The fourth-order valence-corrected chi connectivity index (χ4v) is 2.17. The molecule has 2 aromatic heterocycles. The summed E-state index contributed by atoms with van der Waals surface area (Å²) in [5.74, 6) is 0. The van der Waals surface area contributed by atoms with Gasteiger partial charge in [0.1, 0.15) is 0 Å². The van der Waals surface area contributed by atoms with E-state index < -0.39 is 0 Å². The van der Waals surface area contributed by atoms with Crippen molar-refractivity contribution in [2.45, 2.75) is 6.92 Å². The van der Waals surface area contributed by atoms with Gasteiger partial charge in [0.25, 0.3) is 0 Å². The van der Waals surface area contributed by atoms with Crippen LogP contribution < -0.4 is 11.5 Å². The molecule has 3 aromatic rings. The largest absolute Gasteiger partial charge is 0.399 e. The quantitative estimate of drug-likeness (QED) is 0.640. The second-order valence-corrected chi connectivity index (χ2v) is 4.33. The molecule has 0 amide bonds. The molecule has 0 saturated carbocycles. The fourth-order valence-electron chi connectivity index (χ4n) is 2.17. The average Bonchev–Trinajstić information content (AvgIpc) is 2.69. The lowest BCUT2D eigenvalue weighted by Crippen LogP contribution is -1.92. The molecule has 0 atom stereocenters. The van der Waals surface area contributed by atoms with Gasteiger partial charge >= 0.3 is 0 Å². The third-order valence-corrected chi connectivity index (χ3v) is 3.08. The molecule has 0 bridgehead atoms. The van der Waals surface area contributed by atoms with Crippen molar-refractivity contribution < 1.29 is 0 Å². The number of pyridine rings is 1. The summed E-state index contributed by atoms with van der Waals surface area (Å²) in [5, 5.41) is 0. The van der Waals surface area contributed by atoms with Crippen LogP contribution in [-0.2, 0) is 0 Å². The average molecular weight is 238 g/mol. The van der Waals surface area contributed by atoms with Crippen molar-refractivity contribution in [3.63, 3.8) is 0 Å². The minimum Gasteiger partial charge on any atom is -0.399 e. The number of nitrogens with zero attached hydrogens (tertiary/aromatic N) is 2. The Hall–Kier alpha value is -2.49. The summed E-state index contributed by atoms with van der Waals surface area (Å²) in [7, 11) is 0. The molecular weight excluding hydrogens is 224 g/mol. The van der Waals surface area contributed by atoms with Gasteiger partial charge in [-0.2, -0.15) is 0 Å². The van der Waals surface area contributed by atoms with E-state index in [1.807, 2.05) is 53.9 Å². The van der Waals surface area contributed by atoms with E-state index >= 15 is 0 Å². The fraction of sp³-hybridized carbons (Fsp3) is 0.0714. The van der Waals surface area contributed by atoms with Gasteiger partial charge in [-0.05, 0) is 31.2 Å². The van der Waals surface area contributed by atoms with Crippen LogP contribution in [0.3, 0.4) is 0 Å². The number of benzene rings is 1. The third-order valence-electron chi connectivity index (χ3n) is 3.08. The Bertz CT molecular complexity index is 728. The van der Waals surface area contributed by atoms with Crippen molar-refractivity contribution >= 4 is 17.0 Å². The SMILES string of the molecule is Cc1c(-c2cccc(N)c2)nc2c(N)cccn12. The van der Waals surface area contributed by atoms with Gasteiger partial charge in [0.2, 0.25) is 0 Å². The Morgan fingerprint density at radius 2 is 1.94 bits per heavy atom. The first kappa shape index (κ1) is 10.7. The summed E-state index contributed by atoms with van der Waals surface area (Å²) in [6.45, 7) is 2.03. The van der Waals surface area contributed by atoms with Crippen molar-refractivity contribution in [2.75, 3.05) is 11.5 Å². The number of nitrogen functional groups attached to an aromatic ring is 2. The standard InChI is InChI=1S/C14H14N4/c1-9-13(10-4-2-5-11(15)8-10)17-14-12(16)6-3-7-18(9)14/h2-8H,15-16H2,1H3. The van der Waals surface area contributed by atoms with E-state index in [1.54, 1.807) is 0 Å². The first-order chi connectivity index (χ1) is 8.66. The van der Waals surface area contributed by atoms with E-state index in [9.17, 15) is 0 Å². The predicted octanol–water partition coefficient (Wildman–Crippen LogP) is 2.47. The lowest BCUT2D eigenvalue weighted by Gasteiger charge is -2.00. The number of aromatic nitrogens is 2. The molecule has 0 aliphatic carbocycles. The van der Waals surface area contributed by atoms with Gasteiger partial charge in [-0.25, -0.2) is 4.98 Å². The number of anilines is 2. The number of hydrogen-bond donors (Lipinski definition) is 2. The highest BCUT2D eigenvalue weighted by Gasteiger charge is 2.11. The molecule has 4 heteroatoms. The highest BCUT2D eigenvalue weighted by molar-refractivity contribution is 5.74. The number of fused-ring (bicyclic) bond motifs is 1. The van der Waals surface area contributed by atoms with Crippen LogP contribution in [0.15, 0.2) is 42.6 Å². The van der Waals surface area contributed by atoms with E-state index in [2.05, 4.69) is 4.98 Å². The van der Waals surface area contributed by atoms with Gasteiger partial charge in [0.15, 0.2) is 5.65 Å². The van der Waals surface area contributed by atoms with Gasteiger partial charge < -0.3 is 15.9 Å². The molecule has 1 aromatic carbocycles. The Balaban J connectivity index is 2.30. The Morgan fingerprint density at radius 1 is 1.11 bits per heavy atom. The normalized spacial score (nSPS) is 10.9. The van der Waals surface area contributed by atoms with Crippen molar-refractivity contribution in [3.8, 4) is 11.3 Å². The topological polar surface area (TPSA) is 69.3 Å². The highest BCUT2D eigenvalue weighted by atomic mass is 15.0. The van der Waals surface area contributed by atoms with E-state index in [0.29, 0.717) is 5.69 Å². The molecule has 0 radical (unpaired) electrons. The van der Waals surface area contributed by atoms with Crippen molar-refractivity contribution in [2.24, 2.45) is 0 Å². The first-order valence-electron chi connectivity index (χ1n) is 5.76. The lowest BCUT2D eigenvalue weighted by molar-refractivity contribution is 1.11. The molecule has 0 saturated heterocycles. The molecule has 18 heavy (non-hydrogen) atoms. The second kappa shape index (κ2) is 3.77. The van der Waals surface area contributed by atoms with Crippen LogP contribution in [0.5, 0.6) is 0 Å². The number of aryl methyl sites for hydroxylation is 1. The molecule has 4 nitrogen and oxygen atoms in total. The number of hydrogen-bond acceptors (Lipinski definition) is 3. The zero-order valence-corrected chi connectivity index (χ0v) is 10.1. The van der Waals surface area contributed by atoms with Gasteiger partial charge in [0, 0.05) is 23.1 Å². The number of imidazole rings is 1. The van der Waals surface area contributed by atoms with Crippen LogP contribution in [-0.4, -0.2) is 9.38 Å². The monoisotopic (exact) mass is 238 g/mol. The zero-order chi connectivity index (χ0) is 12.7. The van der Waals surface area contributed by atoms with Crippen LogP contribution in [0.1, 0.15) is 5.69 Å². The van der Waals surface area contributed by atoms with E-state index in [1.165, 1.54) is 0 Å². The van der Waals surface area contributed by atoms with Crippen LogP contribution in [0.4, 0.5) is 11.4 Å². The zero-order valence-electron chi connectivity index (χ0n) is 10.1. The van der Waals surface area contributed by atoms with Gasteiger partial charge in [-0.1, -0.05) is 12.1 Å². The predicted molar refractivity (Wildman–Crippen MR) is 74.2 cm³/mol. The van der Waals surface area contributed by atoms with Crippen LogP contribution in [0, 0.1) is 6.92 Å². The van der Waals surface area contributed by atoms with Crippen LogP contribution in [0.2, 0.25) is 0 Å². The van der Waals surface area contributed by atoms with Gasteiger partial charge in [0.05, 0.1) is 11.4 Å². The molecule has 0 spiro atoms. The molecule has 0 aliphatic heterocycles. The summed E-state index contributed by atoms with van der Waals surface area (Å²) in [5.41, 5.74) is 16.9. The number of rotatable bonds is 1. The smallest absolute Gasteiger partial charge is 0.160 e. The lowest BCUT2D eigenvalue weighted by atomic mass is 10.1. The first-order valence-corrected chi connectivity index (χ1v) is 5.76. The van der Waals surface area contributed by atoms with Crippen molar-refractivity contribution in [1.82, 2.24) is 9.38 Å². The molecule has 3 rings (SSSR count). The maximum absolute atomic E-state index is 5.94. The van der Waals surface area contributed by atoms with Crippen LogP contribution >= 0.6 is 0 Å². The van der Waals surface area contributed by atoms with Crippen molar-refractivity contribution in [1.29, 1.82) is 0 Å². The Labute approximate surface area is 105 Å². The Kier molecular flexibility index (Phi) is 2.23. The molecule has 0 unspecified atom stereocenters. The van der Waals surface area contributed by atoms with Crippen LogP contribution in [0.25, 0.3) is 16.9 Å². The molecule has 0 fully saturated rings. The molecule has 90 valence electrons. The second-order valence-electron chi connectivity index (χ2n) is 4.33. The highest BCUT2D eigenvalue weighted by Crippen LogP contribution is 2.26. The summed E-state index contributed by atoms with van der Waals surface area (Å²) in [6, 6.07) is 11.5. The van der Waals surface area contributed by atoms with Crippen molar-refractivity contribution in [3.05, 3.63) is 48.3 Å². The summed E-state index contributed by atoms with van der Waals surface area (Å²) in [4.78, 5) is 4.61. The minimum absolute atomic E-state index is 0.677. The van der Waals surface area contributed by atoms with Gasteiger partial charge in [-0.3, -0.25) is 0 Å². The minimum atomic E-state index is 0.677. The maximum atomic E-state index is 5.94. The maximum Gasteiger partial charge on any atom is 0.160 e. The summed E-state index contributed by atoms with van der Waals surface area (Å²) < 4.78 is 1.99. The van der Waals surface area contributed by atoms with E-state index in [0.717, 1.165) is 28.3 Å². The summed E-state index contributed by atoms with van der Waals surface area (Å²) in [6.07, 6.45) is 1.96. The van der Waals surface area contributed by atoms with Gasteiger partial charge in [-0.15, -0.1) is 0 Å². The third kappa shape index (κ3) is 1.50. The Morgan fingerprint density at radius 3 is 2.67 bits per heavy atom. The number of nitrogens with two attached hydrogens (primary N) is 2. The summed E-state index contributed by atoms with van der Waals surface area (Å²) >= 11 is 0. The molecular formula is C14H14N4.